The lowest BCUT2D eigenvalue weighted by atomic mass is 10.0. The molecule has 160 valence electrons. The summed E-state index contributed by atoms with van der Waals surface area (Å²) < 4.78 is 7.58. The summed E-state index contributed by atoms with van der Waals surface area (Å²) in [6.07, 6.45) is 2.75. The Balaban J connectivity index is 1.63. The molecule has 1 aromatic heterocycles. The van der Waals surface area contributed by atoms with E-state index < -0.39 is 0 Å². The lowest BCUT2D eigenvalue weighted by Gasteiger charge is -2.24. The molecule has 0 radical (unpaired) electrons. The minimum absolute atomic E-state index is 0.000320. The summed E-state index contributed by atoms with van der Waals surface area (Å²) in [4.78, 5) is 28.4. The number of fused-ring (bicyclic) bond motifs is 1. The Labute approximate surface area is 182 Å². The molecule has 0 bridgehead atoms. The van der Waals surface area contributed by atoms with Crippen molar-refractivity contribution in [2.24, 2.45) is 0 Å². The monoisotopic (exact) mass is 429 g/mol. The van der Waals surface area contributed by atoms with Crippen LogP contribution in [-0.2, 0) is 17.9 Å². The second-order valence-corrected chi connectivity index (χ2v) is 8.45. The van der Waals surface area contributed by atoms with Crippen LogP contribution in [0, 0.1) is 0 Å². The first-order chi connectivity index (χ1) is 14.5. The fourth-order valence-corrected chi connectivity index (χ4v) is 4.74. The molecule has 2 atom stereocenters. The number of amides is 2. The number of carbonyl (C=O) groups excluding carboxylic acids is 2. The van der Waals surface area contributed by atoms with Crippen LogP contribution in [0.5, 0.6) is 0 Å². The van der Waals surface area contributed by atoms with E-state index in [1.807, 2.05) is 40.7 Å². The Hall–Kier alpha value is -2.31. The van der Waals surface area contributed by atoms with Crippen LogP contribution >= 0.6 is 11.6 Å². The zero-order valence-corrected chi connectivity index (χ0v) is 18.2. The zero-order valence-electron chi connectivity index (χ0n) is 17.5. The van der Waals surface area contributed by atoms with Crippen LogP contribution in [0.4, 0.5) is 0 Å². The van der Waals surface area contributed by atoms with Gasteiger partial charge in [0, 0.05) is 24.2 Å². The van der Waals surface area contributed by atoms with E-state index in [0.717, 1.165) is 30.6 Å². The van der Waals surface area contributed by atoms with E-state index in [9.17, 15) is 9.59 Å². The molecule has 2 unspecified atom stereocenters. The van der Waals surface area contributed by atoms with Gasteiger partial charge in [0.2, 0.25) is 0 Å². The van der Waals surface area contributed by atoms with Crippen LogP contribution in [-0.4, -0.2) is 40.5 Å². The first kappa shape index (κ1) is 20.9. The Morgan fingerprint density at radius 3 is 2.80 bits per heavy atom. The second-order valence-electron chi connectivity index (χ2n) is 8.04. The SMILES string of the molecule is CCC(NC(=O)c1cc(C(=O)N2CCCC2C)n2c1COCC2)c1ccccc1Cl. The number of hydrogen-bond donors (Lipinski definition) is 1. The summed E-state index contributed by atoms with van der Waals surface area (Å²) in [5.41, 5.74) is 2.75. The number of rotatable bonds is 5. The zero-order chi connectivity index (χ0) is 21.3. The fourth-order valence-electron chi connectivity index (χ4n) is 4.47. The van der Waals surface area contributed by atoms with Crippen molar-refractivity contribution in [3.05, 3.63) is 57.9 Å². The molecule has 6 nitrogen and oxygen atoms in total. The van der Waals surface area contributed by atoms with E-state index in [1.54, 1.807) is 6.07 Å². The Morgan fingerprint density at radius 2 is 2.10 bits per heavy atom. The Bertz CT molecular complexity index is 955. The number of benzene rings is 1. The van der Waals surface area contributed by atoms with E-state index in [1.165, 1.54) is 0 Å². The average Bonchev–Trinajstić information content (AvgIpc) is 3.36. The molecule has 1 N–H and O–H groups in total. The van der Waals surface area contributed by atoms with Crippen molar-refractivity contribution in [1.82, 2.24) is 14.8 Å². The second kappa shape index (κ2) is 8.82. The van der Waals surface area contributed by atoms with Gasteiger partial charge < -0.3 is 19.5 Å². The highest BCUT2D eigenvalue weighted by Crippen LogP contribution is 2.28. The summed E-state index contributed by atoms with van der Waals surface area (Å²) in [5.74, 6) is -0.204. The fraction of sp³-hybridized carbons (Fsp3) is 0.478. The molecule has 0 saturated carbocycles. The number of aromatic nitrogens is 1. The highest BCUT2D eigenvalue weighted by atomic mass is 35.5. The molecule has 2 aliphatic rings. The predicted octanol–water partition coefficient (Wildman–Crippen LogP) is 4.18. The number of halogens is 1. The highest BCUT2D eigenvalue weighted by Gasteiger charge is 2.32. The standard InChI is InChI=1S/C23H28ClN3O3/c1-3-19(16-8-4-5-9-18(16)24)25-22(28)17-13-20(27-11-12-30-14-21(17)27)23(29)26-10-6-7-15(26)2/h4-5,8-9,13,15,19H,3,6-7,10-12,14H2,1-2H3,(H,25,28). The van der Waals surface area contributed by atoms with Crippen LogP contribution < -0.4 is 5.32 Å². The van der Waals surface area contributed by atoms with Gasteiger partial charge in [-0.15, -0.1) is 0 Å². The molecule has 2 aromatic rings. The van der Waals surface area contributed by atoms with Gasteiger partial charge in [0.15, 0.2) is 0 Å². The number of nitrogens with one attached hydrogen (secondary N) is 1. The first-order valence-corrected chi connectivity index (χ1v) is 11.1. The van der Waals surface area contributed by atoms with E-state index in [2.05, 4.69) is 12.2 Å². The van der Waals surface area contributed by atoms with Crippen molar-refractivity contribution < 1.29 is 14.3 Å². The molecule has 2 aliphatic heterocycles. The molecule has 0 spiro atoms. The smallest absolute Gasteiger partial charge is 0.270 e. The quantitative estimate of drug-likeness (QED) is 0.775. The summed E-state index contributed by atoms with van der Waals surface area (Å²) in [6, 6.07) is 9.31. The lowest BCUT2D eigenvalue weighted by Crippen LogP contribution is -2.35. The maximum Gasteiger partial charge on any atom is 0.270 e. The maximum atomic E-state index is 13.2. The summed E-state index contributed by atoms with van der Waals surface area (Å²) in [6.45, 7) is 6.30. The summed E-state index contributed by atoms with van der Waals surface area (Å²) in [7, 11) is 0. The molecule has 30 heavy (non-hydrogen) atoms. The van der Waals surface area contributed by atoms with Crippen molar-refractivity contribution >= 4 is 23.4 Å². The van der Waals surface area contributed by atoms with Crippen LogP contribution in [0.15, 0.2) is 30.3 Å². The molecule has 1 aromatic carbocycles. The number of nitrogens with zero attached hydrogens (tertiary/aromatic N) is 2. The third-order valence-electron chi connectivity index (χ3n) is 6.18. The topological polar surface area (TPSA) is 63.6 Å². The molecule has 0 aliphatic carbocycles. The highest BCUT2D eigenvalue weighted by molar-refractivity contribution is 6.31. The van der Waals surface area contributed by atoms with E-state index in [0.29, 0.717) is 42.5 Å². The maximum absolute atomic E-state index is 13.2. The molecule has 1 saturated heterocycles. The minimum atomic E-state index is -0.205. The van der Waals surface area contributed by atoms with Gasteiger partial charge in [-0.05, 0) is 43.9 Å². The molecule has 3 heterocycles. The van der Waals surface area contributed by atoms with Gasteiger partial charge in [0.25, 0.3) is 11.8 Å². The number of carbonyl (C=O) groups is 2. The largest absolute Gasteiger partial charge is 0.373 e. The normalized spacial score (nSPS) is 19.4. The molecular weight excluding hydrogens is 402 g/mol. The molecule has 4 rings (SSSR count). The van der Waals surface area contributed by atoms with Gasteiger partial charge in [0.05, 0.1) is 30.5 Å². The summed E-state index contributed by atoms with van der Waals surface area (Å²) in [5, 5.41) is 3.73. The minimum Gasteiger partial charge on any atom is -0.373 e. The van der Waals surface area contributed by atoms with Gasteiger partial charge in [-0.3, -0.25) is 9.59 Å². The Morgan fingerprint density at radius 1 is 1.30 bits per heavy atom. The van der Waals surface area contributed by atoms with Crippen molar-refractivity contribution in [3.63, 3.8) is 0 Å². The van der Waals surface area contributed by atoms with Crippen LogP contribution in [0.1, 0.15) is 71.3 Å². The van der Waals surface area contributed by atoms with Crippen molar-refractivity contribution in [2.45, 2.75) is 58.3 Å². The third kappa shape index (κ3) is 3.86. The van der Waals surface area contributed by atoms with Crippen molar-refractivity contribution in [1.29, 1.82) is 0 Å². The van der Waals surface area contributed by atoms with Gasteiger partial charge in [-0.1, -0.05) is 36.7 Å². The first-order valence-electron chi connectivity index (χ1n) is 10.7. The van der Waals surface area contributed by atoms with Gasteiger partial charge >= 0.3 is 0 Å². The van der Waals surface area contributed by atoms with Crippen molar-refractivity contribution in [3.8, 4) is 0 Å². The average molecular weight is 430 g/mol. The Kier molecular flexibility index (Phi) is 6.16. The molecule has 1 fully saturated rings. The van der Waals surface area contributed by atoms with Crippen LogP contribution in [0.25, 0.3) is 0 Å². The summed E-state index contributed by atoms with van der Waals surface area (Å²) >= 11 is 6.35. The molecular formula is C23H28ClN3O3. The van der Waals surface area contributed by atoms with Crippen LogP contribution in [0.2, 0.25) is 5.02 Å². The predicted molar refractivity (Wildman–Crippen MR) is 116 cm³/mol. The number of ether oxygens (including phenoxy) is 1. The van der Waals surface area contributed by atoms with Gasteiger partial charge in [-0.2, -0.15) is 0 Å². The van der Waals surface area contributed by atoms with Crippen molar-refractivity contribution in [2.75, 3.05) is 13.2 Å². The number of likely N-dealkylation sites (tertiary alicyclic amines) is 1. The molecule has 2 amide bonds. The van der Waals surface area contributed by atoms with E-state index >= 15 is 0 Å². The van der Waals surface area contributed by atoms with Gasteiger partial charge in [0.1, 0.15) is 5.69 Å². The van der Waals surface area contributed by atoms with Gasteiger partial charge in [-0.25, -0.2) is 0 Å². The number of hydrogen-bond acceptors (Lipinski definition) is 3. The van der Waals surface area contributed by atoms with E-state index in [4.69, 9.17) is 16.3 Å². The molecule has 7 heteroatoms. The lowest BCUT2D eigenvalue weighted by molar-refractivity contribution is 0.0683. The third-order valence-corrected chi connectivity index (χ3v) is 6.52. The van der Waals surface area contributed by atoms with Crippen LogP contribution in [0.3, 0.4) is 0 Å². The van der Waals surface area contributed by atoms with E-state index in [-0.39, 0.29) is 23.9 Å².